The Labute approximate surface area is 149 Å². The molecule has 1 aromatic carbocycles. The summed E-state index contributed by atoms with van der Waals surface area (Å²) >= 11 is 1.51. The maximum atomic E-state index is 12.3. The second-order valence-electron chi connectivity index (χ2n) is 4.97. The number of carbonyl (C=O) groups is 3. The first-order chi connectivity index (χ1) is 12.1. The number of esters is 1. The predicted octanol–water partition coefficient (Wildman–Crippen LogP) is 2.89. The molecule has 2 N–H and O–H groups in total. The van der Waals surface area contributed by atoms with E-state index in [1.54, 1.807) is 43.3 Å². The molecule has 0 aliphatic heterocycles. The van der Waals surface area contributed by atoms with Crippen molar-refractivity contribution in [3.8, 4) is 0 Å². The average molecular weight is 358 g/mol. The van der Waals surface area contributed by atoms with Gasteiger partial charge in [0, 0.05) is 18.2 Å². The number of thiophene rings is 1. The topological polar surface area (TPSA) is 84.5 Å². The summed E-state index contributed by atoms with van der Waals surface area (Å²) in [7, 11) is 0. The Bertz CT molecular complexity index is 742. The molecule has 25 heavy (non-hydrogen) atoms. The fraction of sp³-hybridized carbons (Fsp3) is 0.167. The minimum absolute atomic E-state index is 0.373. The molecule has 0 radical (unpaired) electrons. The monoisotopic (exact) mass is 358 g/mol. The van der Waals surface area contributed by atoms with Crippen LogP contribution < -0.4 is 10.6 Å². The molecule has 0 saturated heterocycles. The average Bonchev–Trinajstić information content (AvgIpc) is 3.12. The Kier molecular flexibility index (Phi) is 6.91. The molecule has 2 rings (SSSR count). The molecule has 1 heterocycles. The van der Waals surface area contributed by atoms with Crippen molar-refractivity contribution in [2.75, 3.05) is 6.54 Å². The van der Waals surface area contributed by atoms with Crippen molar-refractivity contribution in [3.63, 3.8) is 0 Å². The number of imide groups is 1. The lowest BCUT2D eigenvalue weighted by atomic mass is 10.1. The molecule has 7 heteroatoms. The molecule has 0 aliphatic carbocycles. The lowest BCUT2D eigenvalue weighted by molar-refractivity contribution is -0.151. The van der Waals surface area contributed by atoms with E-state index in [1.165, 1.54) is 17.4 Å². The van der Waals surface area contributed by atoms with E-state index in [1.807, 2.05) is 16.8 Å². The van der Waals surface area contributed by atoms with Crippen LogP contribution in [0.25, 0.3) is 6.08 Å². The molecular weight excluding hydrogens is 340 g/mol. The molecule has 3 amide bonds. The second kappa shape index (κ2) is 9.39. The highest BCUT2D eigenvalue weighted by atomic mass is 32.1. The van der Waals surface area contributed by atoms with Crippen molar-refractivity contribution in [3.05, 3.63) is 64.4 Å². The van der Waals surface area contributed by atoms with Gasteiger partial charge in [0.05, 0.1) is 0 Å². The third kappa shape index (κ3) is 5.89. The minimum atomic E-state index is -1.22. The van der Waals surface area contributed by atoms with Gasteiger partial charge in [-0.2, -0.15) is 11.3 Å². The van der Waals surface area contributed by atoms with E-state index < -0.39 is 24.0 Å². The molecule has 1 atom stereocenters. The summed E-state index contributed by atoms with van der Waals surface area (Å²) in [5, 5.41) is 8.38. The zero-order valence-corrected chi connectivity index (χ0v) is 14.4. The Morgan fingerprint density at radius 3 is 2.60 bits per heavy atom. The zero-order valence-electron chi connectivity index (χ0n) is 13.6. The number of benzene rings is 1. The smallest absolute Gasteiger partial charge is 0.331 e. The number of rotatable bonds is 6. The summed E-state index contributed by atoms with van der Waals surface area (Å²) < 4.78 is 5.26. The van der Waals surface area contributed by atoms with Crippen molar-refractivity contribution in [2.45, 2.75) is 13.0 Å². The van der Waals surface area contributed by atoms with Gasteiger partial charge in [0.15, 0.2) is 0 Å². The van der Waals surface area contributed by atoms with E-state index >= 15 is 0 Å². The first-order valence-corrected chi connectivity index (χ1v) is 8.59. The summed E-state index contributed by atoms with van der Waals surface area (Å²) in [5.41, 5.74) is 1.34. The fourth-order valence-corrected chi connectivity index (χ4v) is 2.60. The van der Waals surface area contributed by atoms with Gasteiger partial charge in [0.2, 0.25) is 6.10 Å². The van der Waals surface area contributed by atoms with Crippen LogP contribution in [0.3, 0.4) is 0 Å². The van der Waals surface area contributed by atoms with E-state index in [2.05, 4.69) is 10.6 Å². The number of carbonyl (C=O) groups excluding carboxylic acids is 3. The van der Waals surface area contributed by atoms with Gasteiger partial charge in [0.1, 0.15) is 0 Å². The van der Waals surface area contributed by atoms with Crippen molar-refractivity contribution in [1.29, 1.82) is 0 Å². The summed E-state index contributed by atoms with van der Waals surface area (Å²) in [5.74, 6) is -1.39. The number of urea groups is 1. The van der Waals surface area contributed by atoms with Crippen LogP contribution in [-0.4, -0.2) is 24.5 Å². The summed E-state index contributed by atoms with van der Waals surface area (Å²) in [4.78, 5) is 35.9. The Balaban J connectivity index is 2.10. The van der Waals surface area contributed by atoms with Gasteiger partial charge in [-0.15, -0.1) is 0 Å². The zero-order chi connectivity index (χ0) is 18.1. The van der Waals surface area contributed by atoms with Crippen molar-refractivity contribution in [1.82, 2.24) is 10.6 Å². The molecular formula is C18H18N2O4S. The van der Waals surface area contributed by atoms with Crippen LogP contribution in [0.4, 0.5) is 4.79 Å². The maximum Gasteiger partial charge on any atom is 0.331 e. The molecule has 0 fully saturated rings. The number of amides is 3. The van der Waals surface area contributed by atoms with E-state index in [0.717, 1.165) is 5.56 Å². The van der Waals surface area contributed by atoms with Crippen molar-refractivity contribution in [2.24, 2.45) is 0 Å². The van der Waals surface area contributed by atoms with Crippen LogP contribution in [0.15, 0.2) is 53.2 Å². The third-order valence-electron chi connectivity index (χ3n) is 3.10. The molecule has 1 aromatic heterocycles. The van der Waals surface area contributed by atoms with Gasteiger partial charge in [-0.1, -0.05) is 30.3 Å². The number of nitrogens with one attached hydrogen (secondary N) is 2. The molecule has 0 bridgehead atoms. The van der Waals surface area contributed by atoms with Gasteiger partial charge in [-0.05, 0) is 35.4 Å². The lowest BCUT2D eigenvalue weighted by Crippen LogP contribution is -2.42. The normalized spacial score (nSPS) is 11.7. The predicted molar refractivity (Wildman–Crippen MR) is 95.8 cm³/mol. The third-order valence-corrected chi connectivity index (χ3v) is 3.81. The van der Waals surface area contributed by atoms with Crippen molar-refractivity contribution >= 4 is 35.3 Å². The fourth-order valence-electron chi connectivity index (χ4n) is 1.97. The molecule has 0 spiro atoms. The van der Waals surface area contributed by atoms with Crippen LogP contribution in [-0.2, 0) is 14.3 Å². The van der Waals surface area contributed by atoms with E-state index in [0.29, 0.717) is 12.1 Å². The first-order valence-electron chi connectivity index (χ1n) is 7.64. The van der Waals surface area contributed by atoms with E-state index in [9.17, 15) is 14.4 Å². The van der Waals surface area contributed by atoms with E-state index in [-0.39, 0.29) is 0 Å². The molecule has 0 aliphatic rings. The van der Waals surface area contributed by atoms with Crippen LogP contribution in [0, 0.1) is 0 Å². The maximum absolute atomic E-state index is 12.3. The van der Waals surface area contributed by atoms with Crippen LogP contribution in [0.2, 0.25) is 0 Å². The first kappa shape index (κ1) is 18.4. The summed E-state index contributed by atoms with van der Waals surface area (Å²) in [6.45, 7) is 2.10. The van der Waals surface area contributed by atoms with Gasteiger partial charge in [-0.3, -0.25) is 10.1 Å². The Hall–Kier alpha value is -2.93. The van der Waals surface area contributed by atoms with Gasteiger partial charge >= 0.3 is 12.0 Å². The Morgan fingerprint density at radius 1 is 1.20 bits per heavy atom. The second-order valence-corrected chi connectivity index (χ2v) is 5.75. The quantitative estimate of drug-likeness (QED) is 0.614. The lowest BCUT2D eigenvalue weighted by Gasteiger charge is -2.16. The highest BCUT2D eigenvalue weighted by Crippen LogP contribution is 2.18. The standard InChI is InChI=1S/C18H18N2O4S/c1-2-19-18(23)20-17(22)16(14-6-4-3-5-7-14)24-15(21)9-8-13-10-11-25-12-13/h3-12,16H,2H2,1H3,(H2,19,20,22,23)/b9-8+/t16-/m0/s1. The van der Waals surface area contributed by atoms with E-state index in [4.69, 9.17) is 4.74 Å². The summed E-state index contributed by atoms with van der Waals surface area (Å²) in [6, 6.07) is 9.73. The molecule has 130 valence electrons. The van der Waals surface area contributed by atoms with Gasteiger partial charge in [-0.25, -0.2) is 9.59 Å². The summed E-state index contributed by atoms with van der Waals surface area (Å²) in [6.07, 6.45) is 1.63. The highest BCUT2D eigenvalue weighted by Gasteiger charge is 2.25. The SMILES string of the molecule is CCNC(=O)NC(=O)[C@@H](OC(=O)/C=C/c1ccsc1)c1ccccc1. The number of hydrogen-bond donors (Lipinski definition) is 2. The number of ether oxygens (including phenoxy) is 1. The van der Waals surface area contributed by atoms with Crippen LogP contribution >= 0.6 is 11.3 Å². The van der Waals surface area contributed by atoms with Crippen molar-refractivity contribution < 1.29 is 19.1 Å². The minimum Gasteiger partial charge on any atom is -0.444 e. The van der Waals surface area contributed by atoms with Gasteiger partial charge < -0.3 is 10.1 Å². The Morgan fingerprint density at radius 2 is 1.96 bits per heavy atom. The molecule has 6 nitrogen and oxygen atoms in total. The highest BCUT2D eigenvalue weighted by molar-refractivity contribution is 7.08. The van der Waals surface area contributed by atoms with Crippen LogP contribution in [0.5, 0.6) is 0 Å². The molecule has 2 aromatic rings. The largest absolute Gasteiger partial charge is 0.444 e. The van der Waals surface area contributed by atoms with Crippen LogP contribution in [0.1, 0.15) is 24.2 Å². The molecule has 0 unspecified atom stereocenters. The molecule has 0 saturated carbocycles. The van der Waals surface area contributed by atoms with Gasteiger partial charge in [0.25, 0.3) is 5.91 Å². The number of hydrogen-bond acceptors (Lipinski definition) is 5.